The molecule has 17 heavy (non-hydrogen) atoms. The van der Waals surface area contributed by atoms with E-state index >= 15 is 0 Å². The predicted molar refractivity (Wildman–Crippen MR) is 74.2 cm³/mol. The first-order chi connectivity index (χ1) is 8.21. The van der Waals surface area contributed by atoms with E-state index in [1.807, 2.05) is 0 Å². The smallest absolute Gasteiger partial charge is 0.0580 e. The third-order valence-electron chi connectivity index (χ3n) is 4.58. The number of hydrogen-bond acceptors (Lipinski definition) is 2. The minimum Gasteiger partial charge on any atom is -0.393 e. The second-order valence-electron chi connectivity index (χ2n) is 5.58. The third kappa shape index (κ3) is 4.97. The van der Waals surface area contributed by atoms with Gasteiger partial charge in [-0.05, 0) is 44.2 Å². The molecule has 1 N–H and O–H groups in total. The molecule has 3 atom stereocenters. The molecule has 0 aromatic carbocycles. The minimum atomic E-state index is -0.0649. The average Bonchev–Trinajstić information content (AvgIpc) is 2.39. The van der Waals surface area contributed by atoms with Gasteiger partial charge in [-0.1, -0.05) is 40.0 Å². The van der Waals surface area contributed by atoms with Crippen LogP contribution in [0.25, 0.3) is 0 Å². The Morgan fingerprint density at radius 1 is 1.18 bits per heavy atom. The Kier molecular flexibility index (Phi) is 7.14. The zero-order valence-electron chi connectivity index (χ0n) is 12.0. The summed E-state index contributed by atoms with van der Waals surface area (Å²) in [5.74, 6) is 1.45. The zero-order chi connectivity index (χ0) is 12.7. The van der Waals surface area contributed by atoms with Crippen LogP contribution in [0.2, 0.25) is 0 Å². The lowest BCUT2D eigenvalue weighted by molar-refractivity contribution is 0.0532. The van der Waals surface area contributed by atoms with Crippen LogP contribution in [0, 0.1) is 11.8 Å². The van der Waals surface area contributed by atoms with Crippen molar-refractivity contribution in [1.29, 1.82) is 0 Å². The van der Waals surface area contributed by atoms with Crippen molar-refractivity contribution in [1.82, 2.24) is 4.90 Å². The number of hydrogen-bond donors (Lipinski definition) is 1. The molecule has 0 aromatic rings. The van der Waals surface area contributed by atoms with Gasteiger partial charge in [0.05, 0.1) is 6.10 Å². The van der Waals surface area contributed by atoms with Crippen LogP contribution in [0.3, 0.4) is 0 Å². The van der Waals surface area contributed by atoms with Crippen LogP contribution in [0.4, 0.5) is 0 Å². The number of nitrogens with zero attached hydrogens (tertiary/aromatic N) is 1. The molecule has 1 rings (SSSR count). The molecule has 0 saturated heterocycles. The molecule has 1 aliphatic carbocycles. The Labute approximate surface area is 107 Å². The quantitative estimate of drug-likeness (QED) is 0.739. The summed E-state index contributed by atoms with van der Waals surface area (Å²) < 4.78 is 0. The van der Waals surface area contributed by atoms with E-state index in [-0.39, 0.29) is 6.10 Å². The van der Waals surface area contributed by atoms with Crippen molar-refractivity contribution in [3.05, 3.63) is 0 Å². The largest absolute Gasteiger partial charge is 0.393 e. The average molecular weight is 241 g/mol. The first-order valence-corrected chi connectivity index (χ1v) is 7.61. The molecule has 2 nitrogen and oxygen atoms in total. The summed E-state index contributed by atoms with van der Waals surface area (Å²) in [5.41, 5.74) is 0. The lowest BCUT2D eigenvalue weighted by Crippen LogP contribution is -2.32. The Hall–Kier alpha value is -0.0800. The molecule has 1 saturated carbocycles. The van der Waals surface area contributed by atoms with Crippen molar-refractivity contribution in [3.8, 4) is 0 Å². The van der Waals surface area contributed by atoms with Gasteiger partial charge >= 0.3 is 0 Å². The predicted octanol–water partition coefficient (Wildman–Crippen LogP) is 3.30. The maximum absolute atomic E-state index is 10.3. The summed E-state index contributed by atoms with van der Waals surface area (Å²) in [6.45, 7) is 9.95. The van der Waals surface area contributed by atoms with Gasteiger partial charge in [-0.15, -0.1) is 0 Å². The molecule has 0 aliphatic heterocycles. The van der Waals surface area contributed by atoms with Crippen LogP contribution >= 0.6 is 0 Å². The number of rotatable bonds is 7. The van der Waals surface area contributed by atoms with E-state index in [0.29, 0.717) is 5.92 Å². The standard InChI is InChI=1S/C15H31NO/c1-4-13-8-7-9-14(12-13)15(17)10-11-16(5-2)6-3/h13-15,17H,4-12H2,1-3H3. The van der Waals surface area contributed by atoms with Gasteiger partial charge in [0.1, 0.15) is 0 Å². The van der Waals surface area contributed by atoms with Gasteiger partial charge in [0, 0.05) is 6.54 Å². The summed E-state index contributed by atoms with van der Waals surface area (Å²) in [7, 11) is 0. The van der Waals surface area contributed by atoms with Gasteiger partial charge in [-0.25, -0.2) is 0 Å². The molecule has 1 fully saturated rings. The van der Waals surface area contributed by atoms with E-state index in [9.17, 15) is 5.11 Å². The summed E-state index contributed by atoms with van der Waals surface area (Å²) in [4.78, 5) is 2.41. The molecule has 2 heteroatoms. The van der Waals surface area contributed by atoms with Crippen molar-refractivity contribution < 1.29 is 5.11 Å². The molecular formula is C15H31NO. The molecule has 3 unspecified atom stereocenters. The van der Waals surface area contributed by atoms with Crippen LogP contribution in [0.15, 0.2) is 0 Å². The van der Waals surface area contributed by atoms with Crippen molar-refractivity contribution in [2.45, 2.75) is 65.4 Å². The lowest BCUT2D eigenvalue weighted by Gasteiger charge is -2.32. The normalized spacial score (nSPS) is 27.4. The van der Waals surface area contributed by atoms with Gasteiger partial charge in [0.15, 0.2) is 0 Å². The Balaban J connectivity index is 2.28. The first-order valence-electron chi connectivity index (χ1n) is 7.61. The summed E-state index contributed by atoms with van der Waals surface area (Å²) in [6.07, 6.45) is 7.40. The minimum absolute atomic E-state index is 0.0649. The molecular weight excluding hydrogens is 210 g/mol. The summed E-state index contributed by atoms with van der Waals surface area (Å²) in [5, 5.41) is 10.3. The van der Waals surface area contributed by atoms with Crippen molar-refractivity contribution in [3.63, 3.8) is 0 Å². The van der Waals surface area contributed by atoms with Gasteiger partial charge in [-0.2, -0.15) is 0 Å². The van der Waals surface area contributed by atoms with E-state index in [1.54, 1.807) is 0 Å². The maximum atomic E-state index is 10.3. The molecule has 102 valence electrons. The molecule has 0 aromatic heterocycles. The highest BCUT2D eigenvalue weighted by atomic mass is 16.3. The van der Waals surface area contributed by atoms with E-state index in [2.05, 4.69) is 25.7 Å². The van der Waals surface area contributed by atoms with Gasteiger partial charge in [0.25, 0.3) is 0 Å². The van der Waals surface area contributed by atoms with E-state index < -0.39 is 0 Å². The lowest BCUT2D eigenvalue weighted by atomic mass is 9.77. The van der Waals surface area contributed by atoms with E-state index in [4.69, 9.17) is 0 Å². The third-order valence-corrected chi connectivity index (χ3v) is 4.58. The zero-order valence-corrected chi connectivity index (χ0v) is 12.0. The van der Waals surface area contributed by atoms with Gasteiger partial charge < -0.3 is 10.0 Å². The molecule has 1 aliphatic rings. The highest BCUT2D eigenvalue weighted by Gasteiger charge is 2.26. The molecule has 0 radical (unpaired) electrons. The van der Waals surface area contributed by atoms with Gasteiger partial charge in [0.2, 0.25) is 0 Å². The van der Waals surface area contributed by atoms with Crippen LogP contribution in [0.1, 0.15) is 59.3 Å². The molecule has 0 amide bonds. The van der Waals surface area contributed by atoms with Crippen LogP contribution in [0.5, 0.6) is 0 Å². The van der Waals surface area contributed by atoms with Crippen molar-refractivity contribution in [2.75, 3.05) is 19.6 Å². The SMILES string of the molecule is CCC1CCCC(C(O)CCN(CC)CC)C1. The van der Waals surface area contributed by atoms with E-state index in [1.165, 1.54) is 32.1 Å². The van der Waals surface area contributed by atoms with Crippen LogP contribution in [-0.2, 0) is 0 Å². The fraction of sp³-hybridized carbons (Fsp3) is 1.00. The topological polar surface area (TPSA) is 23.5 Å². The summed E-state index contributed by atoms with van der Waals surface area (Å²) in [6, 6.07) is 0. The van der Waals surface area contributed by atoms with Crippen molar-refractivity contribution >= 4 is 0 Å². The second-order valence-corrected chi connectivity index (χ2v) is 5.58. The second kappa shape index (κ2) is 8.10. The highest BCUT2D eigenvalue weighted by Crippen LogP contribution is 2.33. The fourth-order valence-electron chi connectivity index (χ4n) is 3.14. The van der Waals surface area contributed by atoms with Gasteiger partial charge in [-0.3, -0.25) is 0 Å². The van der Waals surface area contributed by atoms with Crippen LogP contribution in [-0.4, -0.2) is 35.7 Å². The highest BCUT2D eigenvalue weighted by molar-refractivity contribution is 4.78. The summed E-state index contributed by atoms with van der Waals surface area (Å²) >= 11 is 0. The van der Waals surface area contributed by atoms with Crippen molar-refractivity contribution in [2.24, 2.45) is 11.8 Å². The Morgan fingerprint density at radius 3 is 2.47 bits per heavy atom. The molecule has 0 spiro atoms. The number of aliphatic hydroxyl groups is 1. The molecule has 0 heterocycles. The Bertz CT molecular complexity index is 191. The Morgan fingerprint density at radius 2 is 1.88 bits per heavy atom. The maximum Gasteiger partial charge on any atom is 0.0580 e. The fourth-order valence-corrected chi connectivity index (χ4v) is 3.14. The monoisotopic (exact) mass is 241 g/mol. The molecule has 0 bridgehead atoms. The van der Waals surface area contributed by atoms with E-state index in [0.717, 1.165) is 32.0 Å². The first kappa shape index (κ1) is 15.0. The number of aliphatic hydroxyl groups excluding tert-OH is 1. The van der Waals surface area contributed by atoms with Crippen LogP contribution < -0.4 is 0 Å².